The van der Waals surface area contributed by atoms with E-state index in [1.807, 2.05) is 11.0 Å². The quantitative estimate of drug-likeness (QED) is 0.456. The fraction of sp³-hybridized carbons (Fsp3) is 0.385. The van der Waals surface area contributed by atoms with E-state index in [4.69, 9.17) is 5.11 Å². The van der Waals surface area contributed by atoms with Crippen molar-refractivity contribution in [2.45, 2.75) is 13.5 Å². The first-order valence-corrected chi connectivity index (χ1v) is 5.76. The molecule has 1 aromatic rings. The Balaban J connectivity index is 2.85. The number of rotatable bonds is 7. The molecule has 0 saturated heterocycles. The van der Waals surface area contributed by atoms with E-state index < -0.39 is 0 Å². The maximum Gasteiger partial charge on any atom is 0.272 e. The zero-order valence-electron chi connectivity index (χ0n) is 10.5. The first-order chi connectivity index (χ1) is 8.58. The van der Waals surface area contributed by atoms with Crippen LogP contribution in [-0.4, -0.2) is 34.6 Å². The Hall–Kier alpha value is -1.72. The van der Waals surface area contributed by atoms with E-state index in [2.05, 4.69) is 6.58 Å². The monoisotopic (exact) mass is 250 g/mol. The number of nitrogens with zero attached hydrogens (tertiary/aromatic N) is 2. The summed E-state index contributed by atoms with van der Waals surface area (Å²) in [6.45, 7) is 7.16. The number of nitro groups is 1. The maximum absolute atomic E-state index is 10.8. The van der Waals surface area contributed by atoms with Crippen molar-refractivity contribution in [2.24, 2.45) is 0 Å². The summed E-state index contributed by atoms with van der Waals surface area (Å²) < 4.78 is 0. The van der Waals surface area contributed by atoms with Gasteiger partial charge in [0, 0.05) is 31.3 Å². The fourth-order valence-corrected chi connectivity index (χ4v) is 1.77. The van der Waals surface area contributed by atoms with Crippen LogP contribution in [0.4, 0.5) is 5.69 Å². The summed E-state index contributed by atoms with van der Waals surface area (Å²) in [7, 11) is 0. The van der Waals surface area contributed by atoms with Crippen LogP contribution in [-0.2, 0) is 6.54 Å². The van der Waals surface area contributed by atoms with Crippen LogP contribution >= 0.6 is 0 Å². The molecule has 0 aromatic heterocycles. The van der Waals surface area contributed by atoms with Crippen LogP contribution in [0.1, 0.15) is 11.1 Å². The van der Waals surface area contributed by atoms with Crippen molar-refractivity contribution < 1.29 is 10.0 Å². The minimum Gasteiger partial charge on any atom is -0.395 e. The van der Waals surface area contributed by atoms with Crippen LogP contribution in [0.15, 0.2) is 30.9 Å². The van der Waals surface area contributed by atoms with Crippen LogP contribution in [0.2, 0.25) is 0 Å². The third kappa shape index (κ3) is 3.94. The van der Waals surface area contributed by atoms with Gasteiger partial charge < -0.3 is 5.11 Å². The molecule has 0 spiro atoms. The van der Waals surface area contributed by atoms with Gasteiger partial charge in [-0.2, -0.15) is 0 Å². The Morgan fingerprint density at radius 1 is 1.56 bits per heavy atom. The van der Waals surface area contributed by atoms with E-state index in [1.54, 1.807) is 25.1 Å². The molecule has 1 rings (SSSR count). The van der Waals surface area contributed by atoms with Crippen LogP contribution < -0.4 is 0 Å². The van der Waals surface area contributed by atoms with Crippen LogP contribution in [0.3, 0.4) is 0 Å². The topological polar surface area (TPSA) is 66.6 Å². The van der Waals surface area contributed by atoms with E-state index in [-0.39, 0.29) is 17.2 Å². The van der Waals surface area contributed by atoms with Gasteiger partial charge in [-0.3, -0.25) is 15.0 Å². The van der Waals surface area contributed by atoms with Gasteiger partial charge in [0.1, 0.15) is 0 Å². The molecular weight excluding hydrogens is 232 g/mol. The Morgan fingerprint density at radius 2 is 2.28 bits per heavy atom. The molecule has 0 atom stereocenters. The highest BCUT2D eigenvalue weighted by atomic mass is 16.6. The molecule has 1 aromatic carbocycles. The van der Waals surface area contributed by atoms with E-state index in [0.717, 1.165) is 5.56 Å². The molecular formula is C13H18N2O3. The van der Waals surface area contributed by atoms with Gasteiger partial charge in [-0.25, -0.2) is 0 Å². The summed E-state index contributed by atoms with van der Waals surface area (Å²) in [5.41, 5.74) is 1.65. The molecule has 0 radical (unpaired) electrons. The van der Waals surface area contributed by atoms with Crippen molar-refractivity contribution in [3.8, 4) is 0 Å². The highest BCUT2D eigenvalue weighted by molar-refractivity contribution is 5.42. The minimum absolute atomic E-state index is 0.0573. The lowest BCUT2D eigenvalue weighted by molar-refractivity contribution is -0.385. The average Bonchev–Trinajstić information content (AvgIpc) is 2.32. The summed E-state index contributed by atoms with van der Waals surface area (Å²) in [5.74, 6) is 0. The minimum atomic E-state index is -0.372. The molecule has 5 nitrogen and oxygen atoms in total. The number of hydrogen-bond donors (Lipinski definition) is 1. The van der Waals surface area contributed by atoms with E-state index >= 15 is 0 Å². The molecule has 0 aliphatic heterocycles. The maximum atomic E-state index is 10.8. The van der Waals surface area contributed by atoms with Crippen LogP contribution in [0.25, 0.3) is 0 Å². The van der Waals surface area contributed by atoms with Gasteiger partial charge in [-0.05, 0) is 12.5 Å². The molecule has 0 aliphatic carbocycles. The van der Waals surface area contributed by atoms with Crippen molar-refractivity contribution in [3.05, 3.63) is 52.1 Å². The Kier molecular flexibility index (Phi) is 5.48. The largest absolute Gasteiger partial charge is 0.395 e. The second kappa shape index (κ2) is 6.88. The lowest BCUT2D eigenvalue weighted by Gasteiger charge is -2.19. The van der Waals surface area contributed by atoms with Gasteiger partial charge in [0.25, 0.3) is 5.69 Å². The second-order valence-electron chi connectivity index (χ2n) is 4.13. The molecule has 98 valence electrons. The number of aliphatic hydroxyl groups excluding tert-OH is 1. The van der Waals surface area contributed by atoms with Gasteiger partial charge in [0.05, 0.1) is 11.5 Å². The zero-order chi connectivity index (χ0) is 13.5. The van der Waals surface area contributed by atoms with Gasteiger partial charge in [-0.1, -0.05) is 18.2 Å². The number of aliphatic hydroxyl groups is 1. The Morgan fingerprint density at radius 3 is 2.83 bits per heavy atom. The summed E-state index contributed by atoms with van der Waals surface area (Å²) in [4.78, 5) is 12.4. The number of hydrogen-bond acceptors (Lipinski definition) is 4. The number of benzene rings is 1. The Labute approximate surface area is 107 Å². The first-order valence-electron chi connectivity index (χ1n) is 5.76. The second-order valence-corrected chi connectivity index (χ2v) is 4.13. The summed E-state index contributed by atoms with van der Waals surface area (Å²) >= 11 is 0. The van der Waals surface area contributed by atoms with Gasteiger partial charge in [0.2, 0.25) is 0 Å². The molecule has 0 heterocycles. The van der Waals surface area contributed by atoms with Crippen molar-refractivity contribution >= 4 is 5.69 Å². The molecule has 0 saturated carbocycles. The summed E-state index contributed by atoms with van der Waals surface area (Å²) in [6, 6.07) is 5.21. The normalized spacial score (nSPS) is 10.6. The predicted octanol–water partition coefficient (Wildman–Crippen LogP) is 1.88. The SMILES string of the molecule is C=CCN(CCO)Cc1ccc(C)c([N+](=O)[O-])c1. The van der Waals surface area contributed by atoms with Crippen LogP contribution in [0, 0.1) is 17.0 Å². The van der Waals surface area contributed by atoms with E-state index in [1.165, 1.54) is 0 Å². The summed E-state index contributed by atoms with van der Waals surface area (Å²) in [6.07, 6.45) is 1.75. The molecule has 5 heteroatoms. The van der Waals surface area contributed by atoms with Crippen molar-refractivity contribution in [2.75, 3.05) is 19.7 Å². The Bertz CT molecular complexity index is 432. The fourth-order valence-electron chi connectivity index (χ4n) is 1.77. The van der Waals surface area contributed by atoms with Gasteiger partial charge in [-0.15, -0.1) is 6.58 Å². The highest BCUT2D eigenvalue weighted by Gasteiger charge is 2.12. The van der Waals surface area contributed by atoms with Crippen molar-refractivity contribution in [1.82, 2.24) is 4.90 Å². The highest BCUT2D eigenvalue weighted by Crippen LogP contribution is 2.20. The van der Waals surface area contributed by atoms with Crippen molar-refractivity contribution in [1.29, 1.82) is 0 Å². The molecule has 0 fully saturated rings. The predicted molar refractivity (Wildman–Crippen MR) is 70.4 cm³/mol. The number of aryl methyl sites for hydroxylation is 1. The van der Waals surface area contributed by atoms with E-state index in [0.29, 0.717) is 25.2 Å². The van der Waals surface area contributed by atoms with Gasteiger partial charge >= 0.3 is 0 Å². The molecule has 18 heavy (non-hydrogen) atoms. The molecule has 0 aliphatic rings. The zero-order valence-corrected chi connectivity index (χ0v) is 10.5. The first kappa shape index (κ1) is 14.3. The molecule has 0 bridgehead atoms. The number of nitro benzene ring substituents is 1. The summed E-state index contributed by atoms with van der Waals surface area (Å²) in [5, 5.41) is 19.8. The lowest BCUT2D eigenvalue weighted by atomic mass is 10.1. The third-order valence-electron chi connectivity index (χ3n) is 2.68. The standard InChI is InChI=1S/C13H18N2O3/c1-3-6-14(7-8-16)10-12-5-4-11(2)13(9-12)15(17)18/h3-5,9,16H,1,6-8,10H2,2H3. The molecule has 1 N–H and O–H groups in total. The molecule has 0 amide bonds. The molecule has 0 unspecified atom stereocenters. The van der Waals surface area contributed by atoms with Crippen LogP contribution in [0.5, 0.6) is 0 Å². The third-order valence-corrected chi connectivity index (χ3v) is 2.68. The van der Waals surface area contributed by atoms with Gasteiger partial charge in [0.15, 0.2) is 0 Å². The van der Waals surface area contributed by atoms with E-state index in [9.17, 15) is 10.1 Å². The smallest absolute Gasteiger partial charge is 0.272 e. The average molecular weight is 250 g/mol. The lowest BCUT2D eigenvalue weighted by Crippen LogP contribution is -2.26. The van der Waals surface area contributed by atoms with Crippen molar-refractivity contribution in [3.63, 3.8) is 0 Å².